The van der Waals surface area contributed by atoms with Gasteiger partial charge in [-0.1, -0.05) is 12.1 Å². The standard InChI is InChI=1S/C34H31F2N7O5S/c35-22-3-6-28(44)26(15-22)30(31(46)39-33-37-8-14-49-33)43-19-20-1-4-23(16-25(20)32(43)47)41-12-10-40(11-13-41)18-21-2-5-24(17-27(21)36)42-9-7-29(45)38-34(42)48/h1-6,8,14-17,30,44H,7,9-13,18-19H2,(H,37,39,46)(H,38,45,48). The fourth-order valence-electron chi connectivity index (χ4n) is 6.42. The third-order valence-corrected chi connectivity index (χ3v) is 9.65. The second kappa shape index (κ2) is 13.2. The van der Waals surface area contributed by atoms with Crippen LogP contribution in [-0.2, 0) is 22.7 Å². The molecule has 0 radical (unpaired) electrons. The van der Waals surface area contributed by atoms with Gasteiger partial charge in [0.25, 0.3) is 11.8 Å². The van der Waals surface area contributed by atoms with E-state index in [2.05, 4.69) is 25.4 Å². The van der Waals surface area contributed by atoms with E-state index in [4.69, 9.17) is 0 Å². The number of imide groups is 1. The van der Waals surface area contributed by atoms with E-state index in [-0.39, 0.29) is 36.7 Å². The van der Waals surface area contributed by atoms with Crippen molar-refractivity contribution in [1.29, 1.82) is 0 Å². The monoisotopic (exact) mass is 687 g/mol. The maximum atomic E-state index is 15.1. The number of piperazine rings is 1. The molecular formula is C34H31F2N7O5S. The number of hydrogen-bond acceptors (Lipinski definition) is 9. The Morgan fingerprint density at radius 2 is 1.78 bits per heavy atom. The first kappa shape index (κ1) is 32.2. The lowest BCUT2D eigenvalue weighted by Crippen LogP contribution is -2.49. The van der Waals surface area contributed by atoms with Crippen molar-refractivity contribution in [3.8, 4) is 5.75 Å². The minimum Gasteiger partial charge on any atom is -0.508 e. The number of aromatic hydroxyl groups is 1. The number of anilines is 3. The van der Waals surface area contributed by atoms with Gasteiger partial charge in [0.15, 0.2) is 5.13 Å². The molecule has 3 aliphatic heterocycles. The molecule has 3 aromatic carbocycles. The molecule has 1 aromatic heterocycles. The van der Waals surface area contributed by atoms with E-state index < -0.39 is 35.5 Å². The predicted molar refractivity (Wildman–Crippen MR) is 177 cm³/mol. The maximum absolute atomic E-state index is 15.1. The summed E-state index contributed by atoms with van der Waals surface area (Å²) in [5.41, 5.74) is 2.78. The lowest BCUT2D eigenvalue weighted by atomic mass is 10.0. The molecule has 0 bridgehead atoms. The van der Waals surface area contributed by atoms with Crippen LogP contribution in [0.4, 0.5) is 30.1 Å². The molecule has 2 fully saturated rings. The minimum absolute atomic E-state index is 0.0360. The van der Waals surface area contributed by atoms with Crippen molar-refractivity contribution in [2.24, 2.45) is 0 Å². The summed E-state index contributed by atoms with van der Waals surface area (Å²) in [6, 6.07) is 11.6. The van der Waals surface area contributed by atoms with Gasteiger partial charge >= 0.3 is 6.03 Å². The Balaban J connectivity index is 1.02. The molecule has 5 amide bonds. The topological polar surface area (TPSA) is 138 Å². The number of phenols is 1. The number of halogens is 2. The van der Waals surface area contributed by atoms with Gasteiger partial charge in [-0.15, -0.1) is 11.3 Å². The van der Waals surface area contributed by atoms with Gasteiger partial charge in [0.2, 0.25) is 5.91 Å². The number of thiazole rings is 1. The van der Waals surface area contributed by atoms with Crippen molar-refractivity contribution in [2.75, 3.05) is 47.8 Å². The highest BCUT2D eigenvalue weighted by Gasteiger charge is 2.39. The predicted octanol–water partition coefficient (Wildman–Crippen LogP) is 4.23. The van der Waals surface area contributed by atoms with Gasteiger partial charge in [-0.05, 0) is 48.0 Å². The van der Waals surface area contributed by atoms with Gasteiger partial charge in [0.05, 0.1) is 0 Å². The molecule has 7 rings (SSSR count). The second-order valence-corrected chi connectivity index (χ2v) is 12.9. The van der Waals surface area contributed by atoms with Crippen molar-refractivity contribution in [2.45, 2.75) is 25.6 Å². The number of rotatable bonds is 8. The number of benzene rings is 3. The summed E-state index contributed by atoms with van der Waals surface area (Å²) < 4.78 is 29.4. The summed E-state index contributed by atoms with van der Waals surface area (Å²) in [4.78, 5) is 62.0. The largest absolute Gasteiger partial charge is 0.508 e. The summed E-state index contributed by atoms with van der Waals surface area (Å²) in [5, 5.41) is 17.5. The van der Waals surface area contributed by atoms with Crippen molar-refractivity contribution in [3.63, 3.8) is 0 Å². The molecule has 49 heavy (non-hydrogen) atoms. The number of nitrogens with zero attached hydrogens (tertiary/aromatic N) is 5. The number of hydrogen-bond donors (Lipinski definition) is 3. The van der Waals surface area contributed by atoms with Crippen molar-refractivity contribution >= 4 is 51.6 Å². The van der Waals surface area contributed by atoms with E-state index in [0.29, 0.717) is 60.2 Å². The van der Waals surface area contributed by atoms with E-state index in [1.807, 2.05) is 12.1 Å². The van der Waals surface area contributed by atoms with E-state index in [1.165, 1.54) is 33.4 Å². The quantitative estimate of drug-likeness (QED) is 0.250. The van der Waals surface area contributed by atoms with Crippen LogP contribution >= 0.6 is 11.3 Å². The van der Waals surface area contributed by atoms with Gasteiger partial charge in [-0.3, -0.25) is 34.8 Å². The molecule has 0 aliphatic carbocycles. The van der Waals surface area contributed by atoms with Crippen molar-refractivity contribution in [1.82, 2.24) is 20.1 Å². The van der Waals surface area contributed by atoms with Crippen LogP contribution in [-0.4, -0.2) is 76.4 Å². The maximum Gasteiger partial charge on any atom is 0.328 e. The van der Waals surface area contributed by atoms with Gasteiger partial charge in [0.1, 0.15) is 23.4 Å². The van der Waals surface area contributed by atoms with Crippen molar-refractivity contribution in [3.05, 3.63) is 100 Å². The number of nitrogens with one attached hydrogen (secondary N) is 2. The van der Waals surface area contributed by atoms with Gasteiger partial charge in [-0.2, -0.15) is 0 Å². The van der Waals surface area contributed by atoms with Crippen LogP contribution in [0.25, 0.3) is 0 Å². The third kappa shape index (κ3) is 6.54. The van der Waals surface area contributed by atoms with E-state index >= 15 is 4.39 Å². The number of carbonyl (C=O) groups is 4. The normalized spacial score (nSPS) is 17.3. The number of carbonyl (C=O) groups excluding carboxylic acids is 4. The summed E-state index contributed by atoms with van der Waals surface area (Å²) in [6.07, 6.45) is 1.67. The highest BCUT2D eigenvalue weighted by molar-refractivity contribution is 7.13. The number of aromatic nitrogens is 1. The number of urea groups is 1. The molecule has 4 heterocycles. The fourth-order valence-corrected chi connectivity index (χ4v) is 6.95. The average Bonchev–Trinajstić information content (AvgIpc) is 3.71. The zero-order valence-electron chi connectivity index (χ0n) is 26.1. The Morgan fingerprint density at radius 1 is 0.980 bits per heavy atom. The van der Waals surface area contributed by atoms with Crippen LogP contribution in [0.3, 0.4) is 0 Å². The molecule has 3 N–H and O–H groups in total. The van der Waals surface area contributed by atoms with Gasteiger partial charge in [0, 0.05) is 91.9 Å². The zero-order chi connectivity index (χ0) is 34.2. The number of fused-ring (bicyclic) bond motifs is 1. The molecule has 12 nitrogen and oxygen atoms in total. The van der Waals surface area contributed by atoms with Crippen LogP contribution in [0.15, 0.2) is 66.2 Å². The minimum atomic E-state index is -1.32. The first-order chi connectivity index (χ1) is 23.6. The van der Waals surface area contributed by atoms with Crippen LogP contribution in [0, 0.1) is 11.6 Å². The van der Waals surface area contributed by atoms with Gasteiger partial charge in [-0.25, -0.2) is 18.6 Å². The lowest BCUT2D eigenvalue weighted by Gasteiger charge is -2.36. The smallest absolute Gasteiger partial charge is 0.328 e. The fraction of sp³-hybridized carbons (Fsp3) is 0.265. The molecule has 0 saturated carbocycles. The SMILES string of the molecule is O=C1CCN(c2ccc(CN3CCN(c4ccc5c(c4)C(=O)N(C(C(=O)Nc4nccs4)c4cc(F)ccc4O)C5)CC3)c(F)c2)C(=O)N1. The van der Waals surface area contributed by atoms with E-state index in [0.717, 1.165) is 23.9 Å². The highest BCUT2D eigenvalue weighted by atomic mass is 32.1. The van der Waals surface area contributed by atoms with E-state index in [1.54, 1.807) is 23.6 Å². The molecule has 1 unspecified atom stereocenters. The second-order valence-electron chi connectivity index (χ2n) is 12.0. The molecule has 1 atom stereocenters. The number of amides is 5. The Morgan fingerprint density at radius 3 is 2.51 bits per heavy atom. The van der Waals surface area contributed by atoms with Gasteiger partial charge < -0.3 is 14.9 Å². The van der Waals surface area contributed by atoms with Crippen LogP contribution in [0.2, 0.25) is 0 Å². The Kier molecular flexibility index (Phi) is 8.69. The average molecular weight is 688 g/mol. The highest BCUT2D eigenvalue weighted by Crippen LogP contribution is 2.38. The molecule has 15 heteroatoms. The molecule has 2 saturated heterocycles. The van der Waals surface area contributed by atoms with Crippen LogP contribution in [0.5, 0.6) is 5.75 Å². The van der Waals surface area contributed by atoms with Crippen LogP contribution < -0.4 is 20.4 Å². The first-order valence-electron chi connectivity index (χ1n) is 15.6. The molecule has 3 aliphatic rings. The summed E-state index contributed by atoms with van der Waals surface area (Å²) in [5.74, 6) is -2.81. The molecule has 252 valence electrons. The Labute approximate surface area is 283 Å². The Hall–Kier alpha value is -5.41. The van der Waals surface area contributed by atoms with E-state index in [9.17, 15) is 28.7 Å². The zero-order valence-corrected chi connectivity index (χ0v) is 26.9. The summed E-state index contributed by atoms with van der Waals surface area (Å²) in [6.45, 7) is 3.15. The van der Waals surface area contributed by atoms with Crippen LogP contribution in [0.1, 0.15) is 39.5 Å². The summed E-state index contributed by atoms with van der Waals surface area (Å²) in [7, 11) is 0. The number of phenolic OH excluding ortho intramolecular Hbond substituents is 1. The Bertz CT molecular complexity index is 1950. The molecule has 0 spiro atoms. The molecular weight excluding hydrogens is 656 g/mol. The van der Waals surface area contributed by atoms with Crippen molar-refractivity contribution < 1.29 is 33.1 Å². The third-order valence-electron chi connectivity index (χ3n) is 8.97. The summed E-state index contributed by atoms with van der Waals surface area (Å²) >= 11 is 1.19. The molecule has 4 aromatic rings. The first-order valence-corrected chi connectivity index (χ1v) is 16.5. The lowest BCUT2D eigenvalue weighted by molar-refractivity contribution is -0.121.